The topological polar surface area (TPSA) is 61.4 Å². The Bertz CT molecular complexity index is 990. The highest BCUT2D eigenvalue weighted by Gasteiger charge is 2.41. The number of carbonyl (C=O) groups is 2. The summed E-state index contributed by atoms with van der Waals surface area (Å²) in [7, 11) is 0. The average molecular weight is 482 g/mol. The van der Waals surface area contributed by atoms with Crippen molar-refractivity contribution < 1.29 is 9.59 Å². The van der Waals surface area contributed by atoms with Crippen LogP contribution in [0.3, 0.4) is 0 Å². The van der Waals surface area contributed by atoms with E-state index in [1.165, 1.54) is 5.56 Å². The van der Waals surface area contributed by atoms with Crippen LogP contribution < -0.4 is 10.6 Å². The molecule has 1 aliphatic carbocycles. The maximum absolute atomic E-state index is 13.7. The van der Waals surface area contributed by atoms with Crippen LogP contribution in [-0.4, -0.2) is 42.4 Å². The first-order valence-electron chi connectivity index (χ1n) is 11.2. The van der Waals surface area contributed by atoms with Gasteiger partial charge in [-0.2, -0.15) is 0 Å². The van der Waals surface area contributed by atoms with Crippen molar-refractivity contribution in [3.8, 4) is 0 Å². The van der Waals surface area contributed by atoms with E-state index in [0.717, 1.165) is 54.6 Å². The van der Waals surface area contributed by atoms with Gasteiger partial charge in [-0.25, -0.2) is 0 Å². The van der Waals surface area contributed by atoms with Crippen molar-refractivity contribution in [3.63, 3.8) is 0 Å². The van der Waals surface area contributed by atoms with Crippen LogP contribution in [0, 0.1) is 11.8 Å². The molecule has 0 bridgehead atoms. The lowest BCUT2D eigenvalue weighted by atomic mass is 9.87. The van der Waals surface area contributed by atoms with Crippen molar-refractivity contribution >= 4 is 33.4 Å². The second-order valence-electron chi connectivity index (χ2n) is 9.13. The highest BCUT2D eigenvalue weighted by molar-refractivity contribution is 9.10. The summed E-state index contributed by atoms with van der Waals surface area (Å²) >= 11 is 3.57. The summed E-state index contributed by atoms with van der Waals surface area (Å²) in [5.41, 5.74) is 3.06. The molecule has 0 radical (unpaired) electrons. The van der Waals surface area contributed by atoms with Crippen LogP contribution in [-0.2, 0) is 16.0 Å². The Morgan fingerprint density at radius 1 is 1.06 bits per heavy atom. The molecular formula is C25H28BrN3O2. The van der Waals surface area contributed by atoms with Gasteiger partial charge in [0.05, 0.1) is 5.92 Å². The lowest BCUT2D eigenvalue weighted by molar-refractivity contribution is -0.136. The molecule has 2 amide bonds. The minimum Gasteiger partial charge on any atom is -0.339 e. The molecule has 2 heterocycles. The van der Waals surface area contributed by atoms with E-state index in [1.807, 2.05) is 24.3 Å². The third-order valence-corrected chi connectivity index (χ3v) is 7.36. The van der Waals surface area contributed by atoms with E-state index >= 15 is 0 Å². The number of para-hydroxylation sites is 1. The number of nitrogens with zero attached hydrogens (tertiary/aromatic N) is 1. The summed E-state index contributed by atoms with van der Waals surface area (Å²) in [5.74, 6) is 0.616. The molecule has 5 nitrogen and oxygen atoms in total. The van der Waals surface area contributed by atoms with Crippen molar-refractivity contribution in [2.45, 2.75) is 37.6 Å². The number of fused-ring (bicyclic) bond motifs is 1. The molecule has 2 aromatic rings. The van der Waals surface area contributed by atoms with Gasteiger partial charge < -0.3 is 15.5 Å². The van der Waals surface area contributed by atoms with E-state index in [4.69, 9.17) is 0 Å². The van der Waals surface area contributed by atoms with Crippen LogP contribution in [0.2, 0.25) is 0 Å². The minimum atomic E-state index is -0.372. The first-order chi connectivity index (χ1) is 15.1. The molecule has 2 N–H and O–H groups in total. The minimum absolute atomic E-state index is 0.0668. The third kappa shape index (κ3) is 4.55. The Hall–Kier alpha value is -2.18. The lowest BCUT2D eigenvalue weighted by Crippen LogP contribution is -2.43. The zero-order valence-electron chi connectivity index (χ0n) is 17.5. The number of halogens is 1. The highest BCUT2D eigenvalue weighted by Crippen LogP contribution is 2.38. The normalized spacial score (nSPS) is 25.1. The molecule has 31 heavy (non-hydrogen) atoms. The van der Waals surface area contributed by atoms with Gasteiger partial charge in [-0.1, -0.05) is 46.3 Å². The van der Waals surface area contributed by atoms with Crippen molar-refractivity contribution in [2.75, 3.05) is 25.0 Å². The Balaban J connectivity index is 1.33. The van der Waals surface area contributed by atoms with Crippen molar-refractivity contribution in [1.29, 1.82) is 0 Å². The smallest absolute Gasteiger partial charge is 0.230 e. The predicted molar refractivity (Wildman–Crippen MR) is 125 cm³/mol. The van der Waals surface area contributed by atoms with Crippen LogP contribution in [0.25, 0.3) is 0 Å². The molecule has 2 aromatic carbocycles. The summed E-state index contributed by atoms with van der Waals surface area (Å²) in [6.07, 6.45) is 3.40. The number of nitrogens with one attached hydrogen (secondary N) is 2. The molecule has 1 saturated carbocycles. The third-order valence-electron chi connectivity index (χ3n) is 6.87. The average Bonchev–Trinajstić information content (AvgIpc) is 3.51. The first-order valence-corrected chi connectivity index (χ1v) is 12.0. The van der Waals surface area contributed by atoms with Crippen molar-refractivity contribution in [3.05, 3.63) is 64.1 Å². The van der Waals surface area contributed by atoms with Gasteiger partial charge in [0.2, 0.25) is 11.8 Å². The maximum atomic E-state index is 13.7. The molecule has 3 aliphatic rings. The number of hydrogen-bond donors (Lipinski definition) is 2. The fourth-order valence-corrected chi connectivity index (χ4v) is 5.54. The fraction of sp³-hybridized carbons (Fsp3) is 0.440. The van der Waals surface area contributed by atoms with Crippen LogP contribution in [0.15, 0.2) is 53.0 Å². The zero-order chi connectivity index (χ0) is 21.4. The number of hydrogen-bond acceptors (Lipinski definition) is 3. The monoisotopic (exact) mass is 481 g/mol. The van der Waals surface area contributed by atoms with Gasteiger partial charge in [0.1, 0.15) is 0 Å². The molecule has 0 aromatic heterocycles. The summed E-state index contributed by atoms with van der Waals surface area (Å²) in [6, 6.07) is 16.6. The van der Waals surface area contributed by atoms with E-state index in [-0.39, 0.29) is 24.2 Å². The van der Waals surface area contributed by atoms with Crippen molar-refractivity contribution in [1.82, 2.24) is 10.2 Å². The van der Waals surface area contributed by atoms with Crippen LogP contribution >= 0.6 is 15.9 Å². The van der Waals surface area contributed by atoms with Gasteiger partial charge in [-0.15, -0.1) is 0 Å². The summed E-state index contributed by atoms with van der Waals surface area (Å²) < 4.78 is 1.11. The van der Waals surface area contributed by atoms with E-state index in [2.05, 4.69) is 55.7 Å². The quantitative estimate of drug-likeness (QED) is 0.656. The largest absolute Gasteiger partial charge is 0.339 e. The Morgan fingerprint density at radius 3 is 2.68 bits per heavy atom. The lowest BCUT2D eigenvalue weighted by Gasteiger charge is -2.33. The Morgan fingerprint density at radius 2 is 1.87 bits per heavy atom. The molecule has 6 heteroatoms. The molecule has 1 saturated heterocycles. The number of anilines is 1. The number of amides is 2. The van der Waals surface area contributed by atoms with Gasteiger partial charge >= 0.3 is 0 Å². The fourth-order valence-electron chi connectivity index (χ4n) is 5.10. The molecule has 0 unspecified atom stereocenters. The number of carbonyl (C=O) groups excluding carboxylic acids is 2. The molecule has 2 aliphatic heterocycles. The van der Waals surface area contributed by atoms with Gasteiger partial charge in [-0.05, 0) is 73.5 Å². The van der Waals surface area contributed by atoms with Crippen LogP contribution in [0.4, 0.5) is 5.69 Å². The van der Waals surface area contributed by atoms with Crippen LogP contribution in [0.5, 0.6) is 0 Å². The second-order valence-corrected chi connectivity index (χ2v) is 10.0. The van der Waals surface area contributed by atoms with Gasteiger partial charge in [0.25, 0.3) is 0 Å². The molecule has 0 spiro atoms. The first kappa shape index (κ1) is 20.7. The molecular weight excluding hydrogens is 454 g/mol. The highest BCUT2D eigenvalue weighted by atomic mass is 79.9. The molecule has 5 rings (SSSR count). The zero-order valence-corrected chi connectivity index (χ0v) is 19.1. The number of rotatable bonds is 6. The maximum Gasteiger partial charge on any atom is 0.230 e. The van der Waals surface area contributed by atoms with Crippen LogP contribution in [0.1, 0.15) is 36.3 Å². The van der Waals surface area contributed by atoms with E-state index in [9.17, 15) is 9.59 Å². The van der Waals surface area contributed by atoms with E-state index < -0.39 is 0 Å². The molecule has 2 fully saturated rings. The second kappa shape index (κ2) is 8.75. The summed E-state index contributed by atoms with van der Waals surface area (Å²) in [4.78, 5) is 28.1. The van der Waals surface area contributed by atoms with E-state index in [1.54, 1.807) is 0 Å². The molecule has 162 valence electrons. The van der Waals surface area contributed by atoms with Gasteiger partial charge in [0.15, 0.2) is 0 Å². The number of benzene rings is 2. The molecule has 3 atom stereocenters. The standard InChI is InChI=1S/C25H28BrN3O2/c26-19-5-3-4-16(11-19)10-17-13-27-14-18(17)15-29(20-8-9-20)25(31)22-12-24(30)28-23-7-2-1-6-21(22)23/h1-7,11,17-18,20,22,27H,8-10,12-15H2,(H,28,30)/t17-,18+,22+/m1/s1. The summed E-state index contributed by atoms with van der Waals surface area (Å²) in [6.45, 7) is 2.70. The van der Waals surface area contributed by atoms with Crippen molar-refractivity contribution in [2.24, 2.45) is 11.8 Å². The predicted octanol–water partition coefficient (Wildman–Crippen LogP) is 3.94. The van der Waals surface area contributed by atoms with Gasteiger partial charge in [0, 0.05) is 29.2 Å². The van der Waals surface area contributed by atoms with Gasteiger partial charge in [-0.3, -0.25) is 9.59 Å². The Kier molecular flexibility index (Phi) is 5.85. The Labute approximate surface area is 191 Å². The SMILES string of the molecule is O=C1C[C@H](C(=O)N(C[C@@H]2CNC[C@H]2Cc2cccc(Br)c2)C2CC2)c2ccccc2N1. The summed E-state index contributed by atoms with van der Waals surface area (Å²) in [5, 5.41) is 6.47. The van der Waals surface area contributed by atoms with E-state index in [0.29, 0.717) is 17.9 Å².